The van der Waals surface area contributed by atoms with Crippen LogP contribution in [0, 0.1) is 5.92 Å². The van der Waals surface area contributed by atoms with Crippen molar-refractivity contribution >= 4 is 11.6 Å². The molecule has 0 bridgehead atoms. The highest BCUT2D eigenvalue weighted by Gasteiger charge is 2.22. The molecule has 0 amide bonds. The lowest BCUT2D eigenvalue weighted by molar-refractivity contribution is 0.348. The van der Waals surface area contributed by atoms with Crippen LogP contribution in [0.4, 0.5) is 0 Å². The predicted molar refractivity (Wildman–Crippen MR) is 71.4 cm³/mol. The van der Waals surface area contributed by atoms with E-state index in [2.05, 4.69) is 5.32 Å². The average Bonchev–Trinajstić information content (AvgIpc) is 2.32. The molecule has 1 saturated carbocycles. The number of hydrogen-bond acceptors (Lipinski definition) is 2. The Morgan fingerprint density at radius 2 is 2.12 bits per heavy atom. The zero-order valence-corrected chi connectivity index (χ0v) is 10.8. The minimum Gasteiger partial charge on any atom is -0.508 e. The molecule has 0 aliphatic heterocycles. The largest absolute Gasteiger partial charge is 0.508 e. The van der Waals surface area contributed by atoms with Crippen LogP contribution in [0.1, 0.15) is 31.2 Å². The van der Waals surface area contributed by atoms with Crippen molar-refractivity contribution in [3.05, 3.63) is 29.8 Å². The lowest BCUT2D eigenvalue weighted by Gasteiger charge is -2.27. The molecule has 0 heterocycles. The van der Waals surface area contributed by atoms with E-state index in [0.29, 0.717) is 17.0 Å². The number of aromatic hydroxyl groups is 1. The number of phenols is 1. The summed E-state index contributed by atoms with van der Waals surface area (Å²) in [5.41, 5.74) is 1.12. The van der Waals surface area contributed by atoms with Crippen molar-refractivity contribution < 1.29 is 5.11 Å². The number of rotatable bonds is 4. The lowest BCUT2D eigenvalue weighted by Crippen LogP contribution is -2.30. The molecule has 2 N–H and O–H groups in total. The number of nitrogens with one attached hydrogen (secondary N) is 1. The fourth-order valence-electron chi connectivity index (χ4n) is 2.46. The van der Waals surface area contributed by atoms with Crippen molar-refractivity contribution in [1.29, 1.82) is 0 Å². The minimum atomic E-state index is 0.331. The molecule has 2 rings (SSSR count). The van der Waals surface area contributed by atoms with Crippen LogP contribution in [0.15, 0.2) is 24.3 Å². The molecule has 17 heavy (non-hydrogen) atoms. The fourth-order valence-corrected chi connectivity index (χ4v) is 2.83. The van der Waals surface area contributed by atoms with Gasteiger partial charge >= 0.3 is 0 Å². The summed E-state index contributed by atoms with van der Waals surface area (Å²) in [7, 11) is 0. The third-order valence-corrected chi connectivity index (χ3v) is 4.04. The number of halogens is 1. The van der Waals surface area contributed by atoms with E-state index in [9.17, 15) is 5.11 Å². The van der Waals surface area contributed by atoms with E-state index in [-0.39, 0.29) is 0 Å². The van der Waals surface area contributed by atoms with Crippen LogP contribution in [-0.4, -0.2) is 17.0 Å². The van der Waals surface area contributed by atoms with Gasteiger partial charge in [0.05, 0.1) is 0 Å². The van der Waals surface area contributed by atoms with Gasteiger partial charge in [-0.2, -0.15) is 0 Å². The van der Waals surface area contributed by atoms with Crippen molar-refractivity contribution in [2.45, 2.75) is 37.6 Å². The fraction of sp³-hybridized carbons (Fsp3) is 0.571. The Bertz CT molecular complexity index is 356. The van der Waals surface area contributed by atoms with E-state index in [1.54, 1.807) is 12.1 Å². The number of hydrogen-bond donors (Lipinski definition) is 2. The van der Waals surface area contributed by atoms with Gasteiger partial charge < -0.3 is 10.4 Å². The Labute approximate surface area is 108 Å². The summed E-state index contributed by atoms with van der Waals surface area (Å²) in [5, 5.41) is 13.1. The quantitative estimate of drug-likeness (QED) is 0.808. The normalized spacial score (nSPS) is 24.8. The Hall–Kier alpha value is -0.730. The van der Waals surface area contributed by atoms with Gasteiger partial charge in [-0.15, -0.1) is 11.6 Å². The molecule has 1 aromatic rings. The van der Waals surface area contributed by atoms with Crippen molar-refractivity contribution in [1.82, 2.24) is 5.32 Å². The van der Waals surface area contributed by atoms with Crippen molar-refractivity contribution in [3.63, 3.8) is 0 Å². The van der Waals surface area contributed by atoms with Gasteiger partial charge in [0.15, 0.2) is 0 Å². The van der Waals surface area contributed by atoms with Gasteiger partial charge in [-0.3, -0.25) is 0 Å². The average molecular weight is 254 g/mol. The van der Waals surface area contributed by atoms with Crippen LogP contribution in [0.5, 0.6) is 5.75 Å². The second-order valence-electron chi connectivity index (χ2n) is 4.86. The smallest absolute Gasteiger partial charge is 0.115 e. The third-order valence-electron chi connectivity index (χ3n) is 3.46. The summed E-state index contributed by atoms with van der Waals surface area (Å²) in [6, 6.07) is 7.38. The molecule has 1 fully saturated rings. The molecule has 0 aromatic heterocycles. The monoisotopic (exact) mass is 253 g/mol. The highest BCUT2D eigenvalue weighted by Crippen LogP contribution is 2.28. The molecular weight excluding hydrogens is 234 g/mol. The predicted octanol–water partition coefficient (Wildman–Crippen LogP) is 3.28. The Kier molecular flexibility index (Phi) is 4.69. The molecule has 0 spiro atoms. The maximum Gasteiger partial charge on any atom is 0.115 e. The molecule has 1 aliphatic rings. The summed E-state index contributed by atoms with van der Waals surface area (Å²) >= 11 is 6.31. The number of benzene rings is 1. The van der Waals surface area contributed by atoms with Crippen molar-refractivity contribution in [2.75, 3.05) is 6.54 Å². The number of phenolic OH excluding ortho intramolecular Hbond substituents is 1. The first-order valence-corrected chi connectivity index (χ1v) is 6.82. The van der Waals surface area contributed by atoms with Crippen molar-refractivity contribution in [2.24, 2.45) is 5.92 Å². The second-order valence-corrected chi connectivity index (χ2v) is 5.42. The molecule has 94 valence electrons. The Balaban J connectivity index is 1.75. The summed E-state index contributed by atoms with van der Waals surface area (Å²) in [4.78, 5) is 0. The van der Waals surface area contributed by atoms with Crippen LogP contribution in [-0.2, 0) is 6.54 Å². The van der Waals surface area contributed by atoms with E-state index in [1.165, 1.54) is 19.3 Å². The van der Waals surface area contributed by atoms with E-state index in [4.69, 9.17) is 11.6 Å². The van der Waals surface area contributed by atoms with Gasteiger partial charge in [-0.05, 0) is 43.0 Å². The molecule has 1 aliphatic carbocycles. The first kappa shape index (κ1) is 12.7. The van der Waals surface area contributed by atoms with Gasteiger partial charge in [0.25, 0.3) is 0 Å². The van der Waals surface area contributed by atoms with Gasteiger partial charge in [-0.1, -0.05) is 25.0 Å². The molecule has 2 atom stereocenters. The molecule has 1 aromatic carbocycles. The minimum absolute atomic E-state index is 0.331. The zero-order valence-electron chi connectivity index (χ0n) is 10.0. The van der Waals surface area contributed by atoms with Gasteiger partial charge in [0.1, 0.15) is 5.75 Å². The lowest BCUT2D eigenvalue weighted by atomic mass is 9.89. The SMILES string of the molecule is Oc1cccc(CNCC2CCCCC2Cl)c1. The molecule has 2 nitrogen and oxygen atoms in total. The first-order valence-electron chi connectivity index (χ1n) is 6.38. The van der Waals surface area contributed by atoms with E-state index in [0.717, 1.165) is 25.1 Å². The van der Waals surface area contributed by atoms with E-state index in [1.807, 2.05) is 12.1 Å². The highest BCUT2D eigenvalue weighted by molar-refractivity contribution is 6.20. The summed E-state index contributed by atoms with van der Waals surface area (Å²) in [6.07, 6.45) is 4.97. The van der Waals surface area contributed by atoms with Crippen LogP contribution in [0.3, 0.4) is 0 Å². The zero-order chi connectivity index (χ0) is 12.1. The van der Waals surface area contributed by atoms with Crippen LogP contribution < -0.4 is 5.32 Å². The second kappa shape index (κ2) is 6.27. The van der Waals surface area contributed by atoms with Crippen LogP contribution >= 0.6 is 11.6 Å². The molecular formula is C14H20ClNO. The summed E-state index contributed by atoms with van der Waals surface area (Å²) in [5.74, 6) is 0.930. The summed E-state index contributed by atoms with van der Waals surface area (Å²) < 4.78 is 0. The molecule has 0 radical (unpaired) electrons. The number of alkyl halides is 1. The third kappa shape index (κ3) is 3.90. The highest BCUT2D eigenvalue weighted by atomic mass is 35.5. The van der Waals surface area contributed by atoms with Crippen LogP contribution in [0.2, 0.25) is 0 Å². The van der Waals surface area contributed by atoms with Crippen molar-refractivity contribution in [3.8, 4) is 5.75 Å². The maximum atomic E-state index is 9.35. The molecule has 0 saturated heterocycles. The molecule has 2 unspecified atom stereocenters. The van der Waals surface area contributed by atoms with Gasteiger partial charge in [-0.25, -0.2) is 0 Å². The van der Waals surface area contributed by atoms with Gasteiger partial charge in [0, 0.05) is 11.9 Å². The van der Waals surface area contributed by atoms with E-state index >= 15 is 0 Å². The Morgan fingerprint density at radius 1 is 1.29 bits per heavy atom. The Morgan fingerprint density at radius 3 is 2.88 bits per heavy atom. The summed E-state index contributed by atoms with van der Waals surface area (Å²) in [6.45, 7) is 1.78. The first-order chi connectivity index (χ1) is 8.25. The van der Waals surface area contributed by atoms with Gasteiger partial charge in [0.2, 0.25) is 0 Å². The van der Waals surface area contributed by atoms with E-state index < -0.39 is 0 Å². The molecule has 3 heteroatoms. The topological polar surface area (TPSA) is 32.3 Å². The van der Waals surface area contributed by atoms with Crippen LogP contribution in [0.25, 0.3) is 0 Å². The standard InChI is InChI=1S/C14H20ClNO/c15-14-7-2-1-5-12(14)10-16-9-11-4-3-6-13(17)8-11/h3-4,6,8,12,14,16-17H,1-2,5,7,9-10H2. The maximum absolute atomic E-state index is 9.35.